The quantitative estimate of drug-likeness (QED) is 0.162. The van der Waals surface area contributed by atoms with Crippen molar-refractivity contribution in [2.45, 2.75) is 0 Å². The third-order valence-electron chi connectivity index (χ3n) is 10.6. The molecule has 0 saturated carbocycles. The fourth-order valence-corrected chi connectivity index (χ4v) is 8.03. The molecule has 0 spiro atoms. The third-order valence-corrected chi connectivity index (χ3v) is 10.6. The summed E-state index contributed by atoms with van der Waals surface area (Å²) < 4.78 is 2.44. The van der Waals surface area contributed by atoms with Gasteiger partial charge in [-0.2, -0.15) is 0 Å². The molecular formula is C52H36N2. The monoisotopic (exact) mass is 688 g/mol. The first kappa shape index (κ1) is 31.6. The highest BCUT2D eigenvalue weighted by Gasteiger charge is 2.18. The van der Waals surface area contributed by atoms with Crippen molar-refractivity contribution in [2.24, 2.45) is 0 Å². The number of benzene rings is 9. The Labute approximate surface area is 315 Å². The first-order chi connectivity index (χ1) is 26.8. The summed E-state index contributed by atoms with van der Waals surface area (Å²) in [5.41, 5.74) is 14.1. The molecule has 0 bridgehead atoms. The van der Waals surface area contributed by atoms with Gasteiger partial charge in [0.25, 0.3) is 0 Å². The maximum absolute atomic E-state index is 2.44. The number of fused-ring (bicyclic) bond motifs is 4. The van der Waals surface area contributed by atoms with Gasteiger partial charge in [-0.1, -0.05) is 164 Å². The van der Waals surface area contributed by atoms with Crippen molar-refractivity contribution in [3.63, 3.8) is 0 Å². The summed E-state index contributed by atoms with van der Waals surface area (Å²) in [6, 6.07) is 78.8. The Hall–Kier alpha value is -7.16. The molecule has 0 amide bonds. The molecular weight excluding hydrogens is 653 g/mol. The van der Waals surface area contributed by atoms with Crippen LogP contribution in [0.5, 0.6) is 0 Å². The van der Waals surface area contributed by atoms with Crippen LogP contribution in [0.2, 0.25) is 0 Å². The highest BCUT2D eigenvalue weighted by Crippen LogP contribution is 2.40. The maximum Gasteiger partial charge on any atom is 0.0547 e. The molecule has 0 fully saturated rings. The molecule has 0 unspecified atom stereocenters. The Morgan fingerprint density at radius 3 is 1.57 bits per heavy atom. The first-order valence-electron chi connectivity index (χ1n) is 18.5. The fourth-order valence-electron chi connectivity index (χ4n) is 8.03. The number of nitrogens with zero attached hydrogens (tertiary/aromatic N) is 2. The zero-order valence-electron chi connectivity index (χ0n) is 29.7. The van der Waals surface area contributed by atoms with E-state index in [-0.39, 0.29) is 0 Å². The van der Waals surface area contributed by atoms with Gasteiger partial charge in [0.2, 0.25) is 0 Å². The van der Waals surface area contributed by atoms with Crippen molar-refractivity contribution in [1.29, 1.82) is 0 Å². The van der Waals surface area contributed by atoms with E-state index in [0.29, 0.717) is 0 Å². The molecule has 0 atom stereocenters. The Kier molecular flexibility index (Phi) is 7.85. The van der Waals surface area contributed by atoms with Crippen molar-refractivity contribution >= 4 is 49.6 Å². The second kappa shape index (κ2) is 13.4. The maximum atomic E-state index is 2.44. The van der Waals surface area contributed by atoms with E-state index in [4.69, 9.17) is 0 Å². The highest BCUT2D eigenvalue weighted by molar-refractivity contribution is 6.10. The van der Waals surface area contributed by atoms with E-state index in [9.17, 15) is 0 Å². The molecule has 0 N–H and O–H groups in total. The summed E-state index contributed by atoms with van der Waals surface area (Å²) in [5.74, 6) is 0. The van der Waals surface area contributed by atoms with Crippen LogP contribution in [0.1, 0.15) is 0 Å². The van der Waals surface area contributed by atoms with Crippen LogP contribution in [-0.2, 0) is 0 Å². The van der Waals surface area contributed by atoms with Crippen molar-refractivity contribution in [3.05, 3.63) is 218 Å². The van der Waals surface area contributed by atoms with Crippen LogP contribution in [-0.4, -0.2) is 4.57 Å². The van der Waals surface area contributed by atoms with Crippen LogP contribution in [0, 0.1) is 0 Å². The Balaban J connectivity index is 1.06. The minimum Gasteiger partial charge on any atom is -0.311 e. The summed E-state index contributed by atoms with van der Waals surface area (Å²) in [6.45, 7) is 0. The minimum absolute atomic E-state index is 1.10. The van der Waals surface area contributed by atoms with Crippen LogP contribution in [0.4, 0.5) is 17.1 Å². The molecule has 0 aliphatic rings. The largest absolute Gasteiger partial charge is 0.311 e. The number of rotatable bonds is 7. The van der Waals surface area contributed by atoms with E-state index in [1.165, 1.54) is 66.0 Å². The summed E-state index contributed by atoms with van der Waals surface area (Å²) in [7, 11) is 0. The first-order valence-corrected chi connectivity index (χ1v) is 18.5. The Bertz CT molecular complexity index is 2900. The van der Waals surface area contributed by atoms with E-state index in [2.05, 4.69) is 228 Å². The van der Waals surface area contributed by atoms with E-state index >= 15 is 0 Å². The van der Waals surface area contributed by atoms with Gasteiger partial charge in [-0.3, -0.25) is 0 Å². The van der Waals surface area contributed by atoms with Crippen LogP contribution in [0.3, 0.4) is 0 Å². The molecule has 254 valence electrons. The number of anilines is 3. The van der Waals surface area contributed by atoms with Gasteiger partial charge < -0.3 is 9.47 Å². The lowest BCUT2D eigenvalue weighted by Crippen LogP contribution is -2.09. The zero-order chi connectivity index (χ0) is 35.8. The molecule has 0 aliphatic carbocycles. The summed E-state index contributed by atoms with van der Waals surface area (Å²) in [4.78, 5) is 2.33. The predicted molar refractivity (Wildman–Crippen MR) is 229 cm³/mol. The van der Waals surface area contributed by atoms with E-state index in [1.807, 2.05) is 0 Å². The highest BCUT2D eigenvalue weighted by atomic mass is 15.1. The van der Waals surface area contributed by atoms with E-state index in [0.717, 1.165) is 22.7 Å². The summed E-state index contributed by atoms with van der Waals surface area (Å²) in [6.07, 6.45) is 0. The van der Waals surface area contributed by atoms with Crippen molar-refractivity contribution in [2.75, 3.05) is 4.90 Å². The van der Waals surface area contributed by atoms with Crippen LogP contribution < -0.4 is 4.90 Å². The second-order valence-corrected chi connectivity index (χ2v) is 13.8. The number of hydrogen-bond acceptors (Lipinski definition) is 1. The third kappa shape index (κ3) is 5.53. The predicted octanol–water partition coefficient (Wildman–Crippen LogP) is 14.4. The van der Waals surface area contributed by atoms with E-state index < -0.39 is 0 Å². The topological polar surface area (TPSA) is 8.17 Å². The normalized spacial score (nSPS) is 11.3. The number of para-hydroxylation sites is 3. The van der Waals surface area contributed by atoms with Gasteiger partial charge in [-0.25, -0.2) is 0 Å². The molecule has 0 radical (unpaired) electrons. The molecule has 1 heterocycles. The lowest BCUT2D eigenvalue weighted by molar-refractivity contribution is 1.18. The van der Waals surface area contributed by atoms with Crippen molar-refractivity contribution in [1.82, 2.24) is 4.57 Å². The van der Waals surface area contributed by atoms with Gasteiger partial charge >= 0.3 is 0 Å². The molecule has 0 aliphatic heterocycles. The van der Waals surface area contributed by atoms with Crippen molar-refractivity contribution in [3.8, 4) is 39.1 Å². The zero-order valence-corrected chi connectivity index (χ0v) is 29.7. The summed E-state index contributed by atoms with van der Waals surface area (Å²) >= 11 is 0. The SMILES string of the molecule is c1ccc(-c2ccc3c4ccccc4n(-c4ccccc4-c4ccc(N(c5ccccc5)c5ccc(-c6cccc7ccccc67)cc5)cc4)c3c2)cc1. The lowest BCUT2D eigenvalue weighted by Gasteiger charge is -2.26. The molecule has 2 heteroatoms. The standard InChI is InChI=1S/C52H36N2/c1-3-14-37(15-4-1)41-30-35-49-48-22-10-12-25-51(48)54(52(49)36-41)50-24-11-9-21-47(50)40-28-33-44(34-29-40)53(42-18-5-2-6-19-42)43-31-26-39(27-32-43)46-23-13-17-38-16-7-8-20-45(38)46/h1-36H. The molecule has 9 aromatic carbocycles. The second-order valence-electron chi connectivity index (χ2n) is 13.8. The van der Waals surface area contributed by atoms with Gasteiger partial charge in [0.05, 0.1) is 16.7 Å². The lowest BCUT2D eigenvalue weighted by atomic mass is 9.98. The average molecular weight is 689 g/mol. The van der Waals surface area contributed by atoms with Crippen LogP contribution >= 0.6 is 0 Å². The smallest absolute Gasteiger partial charge is 0.0547 e. The summed E-state index contributed by atoms with van der Waals surface area (Å²) in [5, 5.41) is 5.02. The van der Waals surface area contributed by atoms with Gasteiger partial charge in [-0.05, 0) is 93.2 Å². The van der Waals surface area contributed by atoms with Crippen LogP contribution in [0.15, 0.2) is 218 Å². The Morgan fingerprint density at radius 1 is 0.296 bits per heavy atom. The van der Waals surface area contributed by atoms with Gasteiger partial charge in [0.1, 0.15) is 0 Å². The van der Waals surface area contributed by atoms with Gasteiger partial charge in [0, 0.05) is 33.4 Å². The molecule has 10 aromatic rings. The minimum atomic E-state index is 1.10. The average Bonchev–Trinajstić information content (AvgIpc) is 3.58. The molecule has 2 nitrogen and oxygen atoms in total. The molecule has 0 saturated heterocycles. The number of aromatic nitrogens is 1. The van der Waals surface area contributed by atoms with Crippen LogP contribution in [0.25, 0.3) is 71.6 Å². The molecule has 1 aromatic heterocycles. The molecule has 10 rings (SSSR count). The van der Waals surface area contributed by atoms with Crippen molar-refractivity contribution < 1.29 is 0 Å². The fraction of sp³-hybridized carbons (Fsp3) is 0. The Morgan fingerprint density at radius 2 is 0.815 bits per heavy atom. The number of hydrogen-bond donors (Lipinski definition) is 0. The van der Waals surface area contributed by atoms with E-state index in [1.54, 1.807) is 0 Å². The van der Waals surface area contributed by atoms with Gasteiger partial charge in [-0.15, -0.1) is 0 Å². The molecule has 54 heavy (non-hydrogen) atoms. The van der Waals surface area contributed by atoms with Gasteiger partial charge in [0.15, 0.2) is 0 Å².